The second-order valence-corrected chi connectivity index (χ2v) is 2.47. The topological polar surface area (TPSA) is 15.6 Å². The third-order valence-electron chi connectivity index (χ3n) is 1.34. The first-order chi connectivity index (χ1) is 4.70. The molecule has 0 aromatic rings. The predicted molar refractivity (Wildman–Crippen MR) is 40.0 cm³/mol. The number of halogens is 1. The minimum absolute atomic E-state index is 0.268. The van der Waals surface area contributed by atoms with Crippen LogP contribution < -0.4 is 0 Å². The summed E-state index contributed by atoms with van der Waals surface area (Å²) in [6.45, 7) is 0.268. The van der Waals surface area contributed by atoms with E-state index in [0.717, 1.165) is 5.84 Å². The smallest absolute Gasteiger partial charge is 0.138 e. The lowest BCUT2D eigenvalue weighted by atomic mass is 10.3. The SMILES string of the molecule is CN(C)C1=NCC(F)C=C1. The number of rotatable bonds is 0. The second-order valence-electron chi connectivity index (χ2n) is 2.47. The molecule has 1 aliphatic heterocycles. The molecule has 3 heteroatoms. The van der Waals surface area contributed by atoms with Crippen LogP contribution in [0.2, 0.25) is 0 Å². The third-order valence-corrected chi connectivity index (χ3v) is 1.34. The fourth-order valence-corrected chi connectivity index (χ4v) is 0.775. The van der Waals surface area contributed by atoms with Crippen molar-refractivity contribution in [1.82, 2.24) is 4.90 Å². The van der Waals surface area contributed by atoms with Gasteiger partial charge in [0, 0.05) is 14.1 Å². The molecular formula is C7H11FN2. The van der Waals surface area contributed by atoms with Gasteiger partial charge in [0.25, 0.3) is 0 Å². The Kier molecular flexibility index (Phi) is 2.04. The molecule has 56 valence electrons. The van der Waals surface area contributed by atoms with E-state index < -0.39 is 6.17 Å². The lowest BCUT2D eigenvalue weighted by Crippen LogP contribution is -2.24. The summed E-state index contributed by atoms with van der Waals surface area (Å²) in [5.41, 5.74) is 0. The van der Waals surface area contributed by atoms with Gasteiger partial charge in [-0.2, -0.15) is 0 Å². The summed E-state index contributed by atoms with van der Waals surface area (Å²) in [7, 11) is 3.78. The highest BCUT2D eigenvalue weighted by atomic mass is 19.1. The van der Waals surface area contributed by atoms with Crippen LogP contribution in [0.1, 0.15) is 0 Å². The number of aliphatic imine (C=N–C) groups is 1. The van der Waals surface area contributed by atoms with Gasteiger partial charge in [0.2, 0.25) is 0 Å². The van der Waals surface area contributed by atoms with Gasteiger partial charge in [0.1, 0.15) is 12.0 Å². The highest BCUT2D eigenvalue weighted by Gasteiger charge is 2.07. The molecular weight excluding hydrogens is 131 g/mol. The van der Waals surface area contributed by atoms with Gasteiger partial charge in [-0.3, -0.25) is 4.99 Å². The van der Waals surface area contributed by atoms with Crippen LogP contribution in [-0.2, 0) is 0 Å². The zero-order chi connectivity index (χ0) is 7.56. The van der Waals surface area contributed by atoms with E-state index in [-0.39, 0.29) is 6.54 Å². The van der Waals surface area contributed by atoms with Gasteiger partial charge in [-0.05, 0) is 12.2 Å². The van der Waals surface area contributed by atoms with Crippen molar-refractivity contribution in [2.45, 2.75) is 6.17 Å². The van der Waals surface area contributed by atoms with Crippen molar-refractivity contribution in [2.24, 2.45) is 4.99 Å². The lowest BCUT2D eigenvalue weighted by Gasteiger charge is -2.15. The Morgan fingerprint density at radius 2 is 2.40 bits per heavy atom. The van der Waals surface area contributed by atoms with Gasteiger partial charge in [-0.25, -0.2) is 4.39 Å². The van der Waals surface area contributed by atoms with E-state index in [1.54, 1.807) is 6.08 Å². The van der Waals surface area contributed by atoms with Crippen LogP contribution in [0.15, 0.2) is 17.1 Å². The Balaban J connectivity index is 2.59. The Bertz CT molecular complexity index is 172. The quantitative estimate of drug-likeness (QED) is 0.489. The van der Waals surface area contributed by atoms with Crippen LogP contribution in [0.5, 0.6) is 0 Å². The maximum atomic E-state index is 12.4. The molecule has 0 aliphatic carbocycles. The van der Waals surface area contributed by atoms with Crippen molar-refractivity contribution >= 4 is 5.84 Å². The van der Waals surface area contributed by atoms with Gasteiger partial charge in [-0.1, -0.05) is 0 Å². The second kappa shape index (κ2) is 2.82. The summed E-state index contributed by atoms with van der Waals surface area (Å²) < 4.78 is 12.4. The maximum absolute atomic E-state index is 12.4. The minimum atomic E-state index is -0.885. The Morgan fingerprint density at radius 3 is 2.80 bits per heavy atom. The maximum Gasteiger partial charge on any atom is 0.138 e. The van der Waals surface area contributed by atoms with E-state index in [1.807, 2.05) is 19.0 Å². The van der Waals surface area contributed by atoms with Crippen LogP contribution in [-0.4, -0.2) is 37.5 Å². The van der Waals surface area contributed by atoms with Crippen molar-refractivity contribution in [2.75, 3.05) is 20.6 Å². The highest BCUT2D eigenvalue weighted by molar-refractivity contribution is 5.93. The summed E-state index contributed by atoms with van der Waals surface area (Å²) in [4.78, 5) is 5.85. The molecule has 0 aromatic carbocycles. The van der Waals surface area contributed by atoms with E-state index in [1.165, 1.54) is 6.08 Å². The van der Waals surface area contributed by atoms with Crippen LogP contribution in [0, 0.1) is 0 Å². The number of nitrogens with zero attached hydrogens (tertiary/aromatic N) is 2. The summed E-state index contributed by atoms with van der Waals surface area (Å²) in [6.07, 6.45) is 2.35. The molecule has 0 fully saturated rings. The monoisotopic (exact) mass is 142 g/mol. The summed E-state index contributed by atoms with van der Waals surface area (Å²) >= 11 is 0. The molecule has 0 amide bonds. The first-order valence-corrected chi connectivity index (χ1v) is 3.24. The summed E-state index contributed by atoms with van der Waals surface area (Å²) in [5.74, 6) is 0.842. The normalized spacial score (nSPS) is 24.3. The highest BCUT2D eigenvalue weighted by Crippen LogP contribution is 2.02. The molecule has 10 heavy (non-hydrogen) atoms. The van der Waals surface area contributed by atoms with E-state index >= 15 is 0 Å². The van der Waals surface area contributed by atoms with Gasteiger partial charge in [-0.15, -0.1) is 0 Å². The van der Waals surface area contributed by atoms with Crippen molar-refractivity contribution in [3.8, 4) is 0 Å². The average Bonchev–Trinajstić information content (AvgIpc) is 1.88. The van der Waals surface area contributed by atoms with E-state index in [4.69, 9.17) is 0 Å². The number of hydrogen-bond donors (Lipinski definition) is 0. The van der Waals surface area contributed by atoms with Crippen LogP contribution in [0.3, 0.4) is 0 Å². The Labute approximate surface area is 60.1 Å². The van der Waals surface area contributed by atoms with Gasteiger partial charge in [0.15, 0.2) is 0 Å². The molecule has 2 nitrogen and oxygen atoms in total. The van der Waals surface area contributed by atoms with E-state index in [2.05, 4.69) is 4.99 Å². The Hall–Kier alpha value is -0.860. The number of dihydropyridines is 1. The first-order valence-electron chi connectivity index (χ1n) is 3.24. The van der Waals surface area contributed by atoms with Crippen LogP contribution in [0.4, 0.5) is 4.39 Å². The van der Waals surface area contributed by atoms with Gasteiger partial charge < -0.3 is 4.90 Å². The predicted octanol–water partition coefficient (Wildman–Crippen LogP) is 0.854. The molecule has 1 rings (SSSR count). The van der Waals surface area contributed by atoms with Crippen LogP contribution >= 0.6 is 0 Å². The van der Waals surface area contributed by atoms with Crippen molar-refractivity contribution in [1.29, 1.82) is 0 Å². The summed E-state index contributed by atoms with van der Waals surface area (Å²) in [6, 6.07) is 0. The number of likely N-dealkylation sites (N-methyl/N-ethyl adjacent to an activating group) is 1. The molecule has 0 aromatic heterocycles. The molecule has 1 atom stereocenters. The van der Waals surface area contributed by atoms with Crippen molar-refractivity contribution in [3.05, 3.63) is 12.2 Å². The molecule has 1 heterocycles. The molecule has 0 N–H and O–H groups in total. The number of hydrogen-bond acceptors (Lipinski definition) is 2. The van der Waals surface area contributed by atoms with E-state index in [0.29, 0.717) is 0 Å². The van der Waals surface area contributed by atoms with Crippen LogP contribution in [0.25, 0.3) is 0 Å². The standard InChI is InChI=1S/C7H11FN2/c1-10(2)7-4-3-6(8)5-9-7/h3-4,6H,5H2,1-2H3. The number of alkyl halides is 1. The largest absolute Gasteiger partial charge is 0.363 e. The first kappa shape index (κ1) is 7.25. The van der Waals surface area contributed by atoms with Gasteiger partial charge in [0.05, 0.1) is 6.54 Å². The molecule has 0 spiro atoms. The third kappa shape index (κ3) is 1.56. The molecule has 1 unspecified atom stereocenters. The minimum Gasteiger partial charge on any atom is -0.363 e. The lowest BCUT2D eigenvalue weighted by molar-refractivity contribution is 0.404. The summed E-state index contributed by atoms with van der Waals surface area (Å²) in [5, 5.41) is 0. The zero-order valence-corrected chi connectivity index (χ0v) is 6.21. The number of amidine groups is 1. The fourth-order valence-electron chi connectivity index (χ4n) is 0.775. The molecule has 0 saturated carbocycles. The molecule has 0 bridgehead atoms. The average molecular weight is 142 g/mol. The van der Waals surface area contributed by atoms with Crippen molar-refractivity contribution in [3.63, 3.8) is 0 Å². The fraction of sp³-hybridized carbons (Fsp3) is 0.571. The molecule has 0 saturated heterocycles. The zero-order valence-electron chi connectivity index (χ0n) is 6.21. The molecule has 1 aliphatic rings. The van der Waals surface area contributed by atoms with Gasteiger partial charge >= 0.3 is 0 Å². The van der Waals surface area contributed by atoms with Crippen molar-refractivity contribution < 1.29 is 4.39 Å². The Morgan fingerprint density at radius 1 is 1.70 bits per heavy atom. The molecule has 0 radical (unpaired) electrons. The van der Waals surface area contributed by atoms with E-state index in [9.17, 15) is 4.39 Å².